The molecule has 0 bridgehead atoms. The van der Waals surface area contributed by atoms with Crippen molar-refractivity contribution in [1.29, 1.82) is 0 Å². The fourth-order valence-corrected chi connectivity index (χ4v) is 13.1. The molecule has 4 amide bonds. The Kier molecular flexibility index (Phi) is 14.0. The summed E-state index contributed by atoms with van der Waals surface area (Å²) in [4.78, 5) is 56.9. The molecule has 4 saturated carbocycles. The molecule has 0 aromatic carbocycles. The average Bonchev–Trinajstić information content (AvgIpc) is 3.54. The number of terminal acetylenes is 1. The minimum absolute atomic E-state index is 0.00299. The summed E-state index contributed by atoms with van der Waals surface area (Å²) in [5, 5.41) is 45.0. The molecule has 6 rings (SSSR count). The molecular weight excluding hydrogens is 767 g/mol. The molecule has 1 saturated heterocycles. The first kappa shape index (κ1) is 44.0. The van der Waals surface area contributed by atoms with Crippen LogP contribution in [0.2, 0.25) is 0 Å². The maximum absolute atomic E-state index is 13.5. The van der Waals surface area contributed by atoms with Gasteiger partial charge < -0.3 is 40.7 Å². The second-order valence-corrected chi connectivity index (χ2v) is 19.0. The van der Waals surface area contributed by atoms with E-state index in [0.29, 0.717) is 30.6 Å². The van der Waals surface area contributed by atoms with Crippen LogP contribution in [0.25, 0.3) is 10.4 Å². The molecule has 5 fully saturated rings. The molecule has 3 unspecified atom stereocenters. The molecule has 0 aromatic heterocycles. The Bertz CT molecular complexity index is 1700. The van der Waals surface area contributed by atoms with Crippen molar-refractivity contribution in [2.75, 3.05) is 32.1 Å². The number of nitrogens with zero attached hydrogens (tertiary/aromatic N) is 4. The first-order valence-corrected chi connectivity index (χ1v) is 21.9. The van der Waals surface area contributed by atoms with E-state index in [9.17, 15) is 34.5 Å². The monoisotopic (exact) mass is 827 g/mol. The Morgan fingerprint density at radius 1 is 1.10 bits per heavy atom. The van der Waals surface area contributed by atoms with Crippen LogP contribution in [0.15, 0.2) is 16.4 Å². The first-order chi connectivity index (χ1) is 27.6. The zero-order chi connectivity index (χ0) is 41.9. The van der Waals surface area contributed by atoms with E-state index in [4.69, 9.17) is 21.4 Å². The van der Waals surface area contributed by atoms with Crippen LogP contribution in [0.4, 0.5) is 4.79 Å². The lowest BCUT2D eigenvalue weighted by molar-refractivity contribution is -0.207. The van der Waals surface area contributed by atoms with Crippen LogP contribution in [0.3, 0.4) is 0 Å². The Balaban J connectivity index is 0.995. The zero-order valence-corrected chi connectivity index (χ0v) is 34.9. The summed E-state index contributed by atoms with van der Waals surface area (Å²) in [5.74, 6) is 2.72. The quantitative estimate of drug-likeness (QED) is 0.0267. The number of alkyl carbamates (subject to hydrolysis) is 1. The molecule has 0 radical (unpaired) electrons. The van der Waals surface area contributed by atoms with Crippen molar-refractivity contribution in [1.82, 2.24) is 20.9 Å². The fraction of sp³-hybridized carbons (Fsp3) is 0.805. The number of carbonyl (C=O) groups excluding carboxylic acids is 4. The number of hydrogen-bond donors (Lipinski definition) is 6. The van der Waals surface area contributed by atoms with Crippen LogP contribution in [0.5, 0.6) is 0 Å². The van der Waals surface area contributed by atoms with E-state index in [1.54, 1.807) is 6.92 Å². The maximum atomic E-state index is 13.5. The number of carbonyl (C=O) groups is 4. The molecule has 14 atom stereocenters. The van der Waals surface area contributed by atoms with E-state index in [1.807, 2.05) is 0 Å². The van der Waals surface area contributed by atoms with Crippen LogP contribution in [-0.4, -0.2) is 112 Å². The van der Waals surface area contributed by atoms with Crippen molar-refractivity contribution in [2.24, 2.45) is 51.5 Å². The van der Waals surface area contributed by atoms with Gasteiger partial charge in [-0.3, -0.25) is 19.3 Å². The number of aliphatic hydroxyl groups excluding tert-OH is 3. The van der Waals surface area contributed by atoms with Gasteiger partial charge in [0.1, 0.15) is 29.9 Å². The highest BCUT2D eigenvalue weighted by Crippen LogP contribution is 2.68. The SMILES string of the molecule is C#CCC(NC(=O)OCCOCCN=[N+]=[N-])NC(=O)C1=C(C)CSC2C(NC(=O)CC[C@@H](C)[C@H]3CC[C@H]4[C@@H]5[C@H](O)C[C@@H]6C[C@H](O)CC[C@]6(C)[C@H]5C[C@H](O)[C@]34C)C(=O)N12. The molecule has 4 aliphatic carbocycles. The van der Waals surface area contributed by atoms with Gasteiger partial charge in [0.2, 0.25) is 5.91 Å². The second kappa shape index (κ2) is 18.4. The summed E-state index contributed by atoms with van der Waals surface area (Å²) in [6.07, 6.45) is 8.80. The van der Waals surface area contributed by atoms with Gasteiger partial charge in [0.05, 0.1) is 31.5 Å². The molecule has 320 valence electrons. The Hall–Kier alpha value is -3.52. The summed E-state index contributed by atoms with van der Waals surface area (Å²) >= 11 is 1.46. The van der Waals surface area contributed by atoms with E-state index in [2.05, 4.69) is 52.7 Å². The number of hydrogen-bond acceptors (Lipinski definition) is 11. The number of amides is 4. The van der Waals surface area contributed by atoms with Gasteiger partial charge in [-0.1, -0.05) is 25.9 Å². The molecule has 2 aliphatic heterocycles. The normalized spacial score (nSPS) is 37.3. The van der Waals surface area contributed by atoms with Crippen molar-refractivity contribution in [3.05, 3.63) is 21.7 Å². The second-order valence-electron chi connectivity index (χ2n) is 17.9. The Morgan fingerprint density at radius 3 is 2.62 bits per heavy atom. The third-order valence-corrected chi connectivity index (χ3v) is 16.2. The minimum atomic E-state index is -0.984. The van der Waals surface area contributed by atoms with E-state index < -0.39 is 47.7 Å². The molecule has 6 aliphatic rings. The topological polar surface area (TPSA) is 236 Å². The van der Waals surface area contributed by atoms with E-state index in [-0.39, 0.29) is 103 Å². The van der Waals surface area contributed by atoms with Gasteiger partial charge >= 0.3 is 6.09 Å². The van der Waals surface area contributed by atoms with Crippen molar-refractivity contribution in [2.45, 2.75) is 128 Å². The molecule has 16 nitrogen and oxygen atoms in total. The predicted octanol–water partition coefficient (Wildman–Crippen LogP) is 3.56. The molecule has 2 heterocycles. The number of rotatable bonds is 15. The van der Waals surface area contributed by atoms with Crippen LogP contribution in [-0.2, 0) is 23.9 Å². The summed E-state index contributed by atoms with van der Waals surface area (Å²) in [5.41, 5.74) is 8.75. The summed E-state index contributed by atoms with van der Waals surface area (Å²) < 4.78 is 10.3. The summed E-state index contributed by atoms with van der Waals surface area (Å²) in [6, 6.07) is -0.795. The third kappa shape index (κ3) is 8.56. The molecule has 58 heavy (non-hydrogen) atoms. The number of ether oxygens (including phenoxy) is 2. The third-order valence-electron chi connectivity index (χ3n) is 14.8. The van der Waals surface area contributed by atoms with Gasteiger partial charge in [-0.05, 0) is 116 Å². The van der Waals surface area contributed by atoms with E-state index in [1.165, 1.54) is 16.7 Å². The predicted molar refractivity (Wildman–Crippen MR) is 215 cm³/mol. The smallest absolute Gasteiger partial charge is 0.408 e. The number of thioether (sulfide) groups is 1. The lowest BCUT2D eigenvalue weighted by atomic mass is 9.43. The minimum Gasteiger partial charge on any atom is -0.447 e. The Morgan fingerprint density at radius 2 is 1.88 bits per heavy atom. The highest BCUT2D eigenvalue weighted by molar-refractivity contribution is 8.00. The molecule has 17 heteroatoms. The van der Waals surface area contributed by atoms with Crippen molar-refractivity contribution >= 4 is 35.6 Å². The van der Waals surface area contributed by atoms with Crippen LogP contribution in [0, 0.1) is 58.7 Å². The van der Waals surface area contributed by atoms with Gasteiger partial charge in [-0.15, -0.1) is 24.1 Å². The van der Waals surface area contributed by atoms with Crippen molar-refractivity contribution < 1.29 is 44.0 Å². The number of fused-ring (bicyclic) bond motifs is 6. The standard InChI is InChI=1S/C41H61N7O9S/c1-6-7-31(45-39(55)57-17-16-56-15-14-43-47-42)44-36(53)35-23(3)21-58-38-34(37(54)48(35)38)46-32(52)11-8-22(2)26-9-10-27-33-28(20-30(51)41(26,27)5)40(4)13-12-25(49)18-24(40)19-29(33)50/h1,22,24-31,33-34,38,49-51H,7-21H2,2-5H3,(H,44,53)(H,45,55)(H,46,52)/t22-,24+,25-,26-,27+,28+,29-,30+,31?,33+,34?,38?,40+,41-/m1/s1. The van der Waals surface area contributed by atoms with Crippen LogP contribution < -0.4 is 16.0 Å². The highest BCUT2D eigenvalue weighted by Gasteiger charge is 2.65. The molecule has 0 spiro atoms. The van der Waals surface area contributed by atoms with Gasteiger partial charge in [0.15, 0.2) is 0 Å². The highest BCUT2D eigenvalue weighted by atomic mass is 32.2. The number of aliphatic hydroxyl groups is 3. The van der Waals surface area contributed by atoms with Gasteiger partial charge in [-0.25, -0.2) is 4.79 Å². The molecule has 6 N–H and O–H groups in total. The number of β-lactam (4-membered cyclic amide) rings is 1. The van der Waals surface area contributed by atoms with Crippen molar-refractivity contribution in [3.8, 4) is 12.3 Å². The van der Waals surface area contributed by atoms with Gasteiger partial charge in [0.25, 0.3) is 11.8 Å². The summed E-state index contributed by atoms with van der Waals surface area (Å²) in [7, 11) is 0. The van der Waals surface area contributed by atoms with Crippen LogP contribution in [0.1, 0.15) is 91.9 Å². The average molecular weight is 828 g/mol. The summed E-state index contributed by atoms with van der Waals surface area (Å²) in [6.45, 7) is 8.75. The van der Waals surface area contributed by atoms with Gasteiger partial charge in [-0.2, -0.15) is 0 Å². The van der Waals surface area contributed by atoms with E-state index in [0.717, 1.165) is 32.1 Å². The number of nitrogens with one attached hydrogen (secondary N) is 3. The van der Waals surface area contributed by atoms with E-state index >= 15 is 0 Å². The van der Waals surface area contributed by atoms with Crippen LogP contribution >= 0.6 is 11.8 Å². The Labute approximate surface area is 345 Å². The maximum Gasteiger partial charge on any atom is 0.408 e. The zero-order valence-electron chi connectivity index (χ0n) is 34.1. The number of azide groups is 1. The lowest BCUT2D eigenvalue weighted by Crippen LogP contribution is -2.71. The molecular formula is C41H61N7O9S. The van der Waals surface area contributed by atoms with Crippen molar-refractivity contribution in [3.63, 3.8) is 0 Å². The van der Waals surface area contributed by atoms with Gasteiger partial charge in [0, 0.05) is 30.1 Å². The fourth-order valence-electron chi connectivity index (χ4n) is 11.8. The largest absolute Gasteiger partial charge is 0.447 e. The first-order valence-electron chi connectivity index (χ1n) is 20.9. The molecule has 0 aromatic rings. The lowest BCUT2D eigenvalue weighted by Gasteiger charge is -2.63.